The number of hydrogen-bond acceptors (Lipinski definition) is 2. The molecule has 0 heterocycles. The van der Waals surface area contributed by atoms with Crippen molar-refractivity contribution in [2.75, 3.05) is 13.7 Å². The van der Waals surface area contributed by atoms with Gasteiger partial charge in [-0.3, -0.25) is 0 Å². The number of ether oxygens (including phenoxy) is 1. The molecule has 0 aliphatic carbocycles. The zero-order valence-electron chi connectivity index (χ0n) is 3.98. The van der Waals surface area contributed by atoms with Crippen molar-refractivity contribution in [3.05, 3.63) is 6.92 Å². The minimum absolute atomic E-state index is 0.0370. The lowest BCUT2D eigenvalue weighted by molar-refractivity contribution is 0.145. The summed E-state index contributed by atoms with van der Waals surface area (Å²) in [4.78, 5) is 0. The summed E-state index contributed by atoms with van der Waals surface area (Å²) in [6.45, 7) is 4.02. The molecule has 0 aromatic carbocycles. The van der Waals surface area contributed by atoms with Crippen LogP contribution in [0.4, 0.5) is 0 Å². The summed E-state index contributed by atoms with van der Waals surface area (Å²) >= 11 is 0. The SMILES string of the molecule is [CH2][C@H](CN)OC. The average Bonchev–Trinajstić information content (AvgIpc) is 1.65. The molecule has 0 saturated heterocycles. The van der Waals surface area contributed by atoms with Crippen molar-refractivity contribution in [1.82, 2.24) is 0 Å². The molecule has 2 nitrogen and oxygen atoms in total. The van der Waals surface area contributed by atoms with Gasteiger partial charge in [-0.05, 0) is 6.92 Å². The fraction of sp³-hybridized carbons (Fsp3) is 0.750. The Morgan fingerprint density at radius 1 is 2.00 bits per heavy atom. The minimum Gasteiger partial charge on any atom is -0.380 e. The molecule has 37 valence electrons. The Labute approximate surface area is 38.3 Å². The lowest BCUT2D eigenvalue weighted by Gasteiger charge is -2.01. The van der Waals surface area contributed by atoms with Gasteiger partial charge in [-0.2, -0.15) is 0 Å². The van der Waals surface area contributed by atoms with Gasteiger partial charge in [0.2, 0.25) is 0 Å². The molecule has 0 aromatic rings. The van der Waals surface area contributed by atoms with E-state index in [9.17, 15) is 0 Å². The molecule has 2 N–H and O–H groups in total. The van der Waals surface area contributed by atoms with Gasteiger partial charge >= 0.3 is 0 Å². The molecule has 0 unspecified atom stereocenters. The smallest absolute Gasteiger partial charge is 0.0694 e. The maximum Gasteiger partial charge on any atom is 0.0694 e. The fourth-order valence-electron chi connectivity index (χ4n) is 0.0962. The Bertz CT molecular complexity index is 26.7. The molecule has 0 spiro atoms. The second-order valence-electron chi connectivity index (χ2n) is 1.09. The van der Waals surface area contributed by atoms with Crippen molar-refractivity contribution < 1.29 is 4.74 Å². The standard InChI is InChI=1S/C4H10NO/c1-4(3-5)6-2/h4H,1,3,5H2,2H3/t4-/m1/s1. The molecule has 0 fully saturated rings. The number of nitrogens with two attached hydrogens (primary N) is 1. The van der Waals surface area contributed by atoms with Crippen LogP contribution in [0.5, 0.6) is 0 Å². The first-order valence-corrected chi connectivity index (χ1v) is 1.87. The molecule has 0 aliphatic heterocycles. The molecule has 6 heavy (non-hydrogen) atoms. The first-order chi connectivity index (χ1) is 2.81. The molecular weight excluding hydrogens is 78.0 g/mol. The monoisotopic (exact) mass is 88.1 g/mol. The van der Waals surface area contributed by atoms with Crippen LogP contribution in [0, 0.1) is 6.92 Å². The van der Waals surface area contributed by atoms with E-state index < -0.39 is 0 Å². The summed E-state index contributed by atoms with van der Waals surface area (Å²) in [7, 11) is 1.59. The molecule has 0 aliphatic rings. The van der Waals surface area contributed by atoms with E-state index in [2.05, 4.69) is 11.7 Å². The first-order valence-electron chi connectivity index (χ1n) is 1.87. The van der Waals surface area contributed by atoms with Gasteiger partial charge < -0.3 is 10.5 Å². The molecule has 0 amide bonds. The molecule has 1 radical (unpaired) electrons. The molecular formula is C4H10NO. The minimum atomic E-state index is -0.0370. The summed E-state index contributed by atoms with van der Waals surface area (Å²) in [5.41, 5.74) is 5.10. The van der Waals surface area contributed by atoms with Crippen molar-refractivity contribution in [1.29, 1.82) is 0 Å². The van der Waals surface area contributed by atoms with Crippen LogP contribution >= 0.6 is 0 Å². The van der Waals surface area contributed by atoms with Gasteiger partial charge in [-0.15, -0.1) is 0 Å². The van der Waals surface area contributed by atoms with E-state index in [1.807, 2.05) is 0 Å². The Balaban J connectivity index is 2.75. The normalized spacial score (nSPS) is 14.5. The van der Waals surface area contributed by atoms with E-state index in [1.54, 1.807) is 7.11 Å². The maximum absolute atomic E-state index is 5.10. The van der Waals surface area contributed by atoms with Crippen LogP contribution < -0.4 is 5.73 Å². The highest BCUT2D eigenvalue weighted by Gasteiger charge is 1.89. The summed E-state index contributed by atoms with van der Waals surface area (Å²) < 4.78 is 4.66. The van der Waals surface area contributed by atoms with Crippen molar-refractivity contribution in [2.45, 2.75) is 6.10 Å². The summed E-state index contributed by atoms with van der Waals surface area (Å²) in [5, 5.41) is 0. The van der Waals surface area contributed by atoms with Crippen LogP contribution in [-0.2, 0) is 4.74 Å². The number of rotatable bonds is 2. The summed E-state index contributed by atoms with van der Waals surface area (Å²) in [6, 6.07) is 0. The van der Waals surface area contributed by atoms with Crippen LogP contribution in [-0.4, -0.2) is 19.8 Å². The Kier molecular flexibility index (Phi) is 3.08. The second-order valence-corrected chi connectivity index (χ2v) is 1.09. The number of hydrogen-bond donors (Lipinski definition) is 1. The van der Waals surface area contributed by atoms with Crippen LogP contribution in [0.1, 0.15) is 0 Å². The van der Waals surface area contributed by atoms with Crippen molar-refractivity contribution in [3.8, 4) is 0 Å². The summed E-state index contributed by atoms with van der Waals surface area (Å²) in [6.07, 6.45) is -0.0370. The average molecular weight is 88.1 g/mol. The third kappa shape index (κ3) is 2.18. The van der Waals surface area contributed by atoms with Crippen molar-refractivity contribution in [2.24, 2.45) is 5.73 Å². The van der Waals surface area contributed by atoms with Crippen LogP contribution in [0.2, 0.25) is 0 Å². The van der Waals surface area contributed by atoms with Crippen LogP contribution in [0.15, 0.2) is 0 Å². The fourth-order valence-corrected chi connectivity index (χ4v) is 0.0962. The molecule has 0 saturated carbocycles. The quantitative estimate of drug-likeness (QED) is 0.507. The highest BCUT2D eigenvalue weighted by molar-refractivity contribution is 4.56. The van der Waals surface area contributed by atoms with Crippen LogP contribution in [0.3, 0.4) is 0 Å². The molecule has 0 aromatic heterocycles. The Morgan fingerprint density at radius 2 is 2.50 bits per heavy atom. The lowest BCUT2D eigenvalue weighted by Crippen LogP contribution is -2.17. The van der Waals surface area contributed by atoms with E-state index in [0.29, 0.717) is 6.54 Å². The van der Waals surface area contributed by atoms with Gasteiger partial charge in [0.05, 0.1) is 6.10 Å². The van der Waals surface area contributed by atoms with Crippen molar-refractivity contribution in [3.63, 3.8) is 0 Å². The molecule has 0 bridgehead atoms. The molecule has 2 heteroatoms. The Hall–Kier alpha value is -0.0800. The third-order valence-electron chi connectivity index (χ3n) is 0.596. The van der Waals surface area contributed by atoms with Gasteiger partial charge in [-0.1, -0.05) is 0 Å². The second kappa shape index (κ2) is 3.12. The van der Waals surface area contributed by atoms with E-state index in [0.717, 1.165) is 0 Å². The first kappa shape index (κ1) is 5.92. The maximum atomic E-state index is 5.10. The largest absolute Gasteiger partial charge is 0.380 e. The van der Waals surface area contributed by atoms with Gasteiger partial charge in [0.25, 0.3) is 0 Å². The van der Waals surface area contributed by atoms with Gasteiger partial charge in [-0.25, -0.2) is 0 Å². The number of methoxy groups -OCH3 is 1. The highest BCUT2D eigenvalue weighted by atomic mass is 16.5. The van der Waals surface area contributed by atoms with Gasteiger partial charge in [0, 0.05) is 13.7 Å². The molecule has 1 atom stereocenters. The van der Waals surface area contributed by atoms with Gasteiger partial charge in [0.1, 0.15) is 0 Å². The van der Waals surface area contributed by atoms with E-state index in [4.69, 9.17) is 5.73 Å². The predicted octanol–water partition coefficient (Wildman–Crippen LogP) is -0.206. The van der Waals surface area contributed by atoms with E-state index in [-0.39, 0.29) is 6.10 Å². The zero-order chi connectivity index (χ0) is 4.99. The topological polar surface area (TPSA) is 35.2 Å². The van der Waals surface area contributed by atoms with Crippen molar-refractivity contribution >= 4 is 0 Å². The molecule has 0 rings (SSSR count). The van der Waals surface area contributed by atoms with Gasteiger partial charge in [0.15, 0.2) is 0 Å². The third-order valence-corrected chi connectivity index (χ3v) is 0.596. The lowest BCUT2D eigenvalue weighted by atomic mass is 10.4. The highest BCUT2D eigenvalue weighted by Crippen LogP contribution is 1.77. The Morgan fingerprint density at radius 3 is 2.50 bits per heavy atom. The zero-order valence-corrected chi connectivity index (χ0v) is 3.98. The van der Waals surface area contributed by atoms with Crippen LogP contribution in [0.25, 0.3) is 0 Å². The van der Waals surface area contributed by atoms with E-state index in [1.165, 1.54) is 0 Å². The summed E-state index contributed by atoms with van der Waals surface area (Å²) in [5.74, 6) is 0. The van der Waals surface area contributed by atoms with E-state index >= 15 is 0 Å². The predicted molar refractivity (Wildman–Crippen MR) is 25.2 cm³/mol.